The van der Waals surface area contributed by atoms with Crippen LogP contribution in [0.4, 0.5) is 0 Å². The third-order valence-corrected chi connectivity index (χ3v) is 6.12. The number of piperazine rings is 1. The fraction of sp³-hybridized carbons (Fsp3) is 0.522. The zero-order valence-corrected chi connectivity index (χ0v) is 17.9. The zero-order valence-electron chi connectivity index (χ0n) is 17.9. The molecule has 0 bridgehead atoms. The predicted octanol–water partition coefficient (Wildman–Crippen LogP) is 1.71. The fourth-order valence-electron chi connectivity index (χ4n) is 4.25. The third kappa shape index (κ3) is 5.85. The van der Waals surface area contributed by atoms with Gasteiger partial charge in [0.1, 0.15) is 5.75 Å². The van der Waals surface area contributed by atoms with Crippen LogP contribution in [0.5, 0.6) is 5.75 Å². The van der Waals surface area contributed by atoms with Gasteiger partial charge in [-0.25, -0.2) is 4.98 Å². The van der Waals surface area contributed by atoms with Crippen molar-refractivity contribution < 1.29 is 14.3 Å². The Morgan fingerprint density at radius 2 is 1.77 bits per heavy atom. The molecular formula is C23H31N5O3. The van der Waals surface area contributed by atoms with Crippen molar-refractivity contribution in [2.75, 3.05) is 45.9 Å². The molecule has 2 saturated heterocycles. The summed E-state index contributed by atoms with van der Waals surface area (Å²) in [7, 11) is 0. The van der Waals surface area contributed by atoms with Crippen molar-refractivity contribution in [2.45, 2.75) is 25.7 Å². The summed E-state index contributed by atoms with van der Waals surface area (Å²) in [6.45, 7) is 5.10. The van der Waals surface area contributed by atoms with Crippen molar-refractivity contribution in [1.29, 1.82) is 0 Å². The smallest absolute Gasteiger partial charge is 0.253 e. The molecule has 2 aromatic rings. The summed E-state index contributed by atoms with van der Waals surface area (Å²) in [5.74, 6) is 1.48. The number of carbonyl (C=O) groups is 2. The molecule has 3 heterocycles. The van der Waals surface area contributed by atoms with Crippen LogP contribution < -0.4 is 10.1 Å². The second-order valence-electron chi connectivity index (χ2n) is 8.27. The molecule has 1 aromatic carbocycles. The highest BCUT2D eigenvalue weighted by atomic mass is 16.5. The number of imidazole rings is 1. The molecule has 0 saturated carbocycles. The van der Waals surface area contributed by atoms with Crippen LogP contribution in [0.1, 0.15) is 35.3 Å². The Labute approximate surface area is 183 Å². The molecule has 0 unspecified atom stereocenters. The number of likely N-dealkylation sites (tertiary alicyclic amines) is 1. The van der Waals surface area contributed by atoms with E-state index in [4.69, 9.17) is 4.74 Å². The number of hydrogen-bond acceptors (Lipinski definition) is 5. The zero-order chi connectivity index (χ0) is 21.5. The highest BCUT2D eigenvalue weighted by Gasteiger charge is 2.23. The number of carbonyl (C=O) groups excluding carboxylic acids is 2. The second kappa shape index (κ2) is 10.4. The number of nitrogens with one attached hydrogen (secondary N) is 2. The van der Waals surface area contributed by atoms with E-state index in [2.05, 4.69) is 15.3 Å². The molecular weight excluding hydrogens is 394 g/mol. The minimum Gasteiger partial charge on any atom is -0.493 e. The topological polar surface area (TPSA) is 90.6 Å². The minimum absolute atomic E-state index is 0.0548. The summed E-state index contributed by atoms with van der Waals surface area (Å²) >= 11 is 0. The van der Waals surface area contributed by atoms with Gasteiger partial charge in [0.15, 0.2) is 0 Å². The number of aromatic nitrogens is 2. The molecule has 0 radical (unpaired) electrons. The molecule has 8 nitrogen and oxygen atoms in total. The van der Waals surface area contributed by atoms with Gasteiger partial charge in [-0.05, 0) is 49.4 Å². The maximum atomic E-state index is 12.5. The first kappa shape index (κ1) is 21.4. The Balaban J connectivity index is 1.16. The molecule has 2 amide bonds. The van der Waals surface area contributed by atoms with Crippen molar-refractivity contribution >= 4 is 11.8 Å². The first-order chi connectivity index (χ1) is 15.2. The van der Waals surface area contributed by atoms with Gasteiger partial charge in [-0.1, -0.05) is 0 Å². The minimum atomic E-state index is 0.0548. The number of benzene rings is 1. The van der Waals surface area contributed by atoms with E-state index in [0.29, 0.717) is 30.3 Å². The molecule has 4 rings (SSSR count). The number of hydrogen-bond donors (Lipinski definition) is 2. The van der Waals surface area contributed by atoms with E-state index in [0.717, 1.165) is 58.5 Å². The molecule has 166 valence electrons. The Morgan fingerprint density at radius 1 is 1.03 bits per heavy atom. The molecule has 0 spiro atoms. The van der Waals surface area contributed by atoms with E-state index in [1.165, 1.54) is 5.69 Å². The van der Waals surface area contributed by atoms with Gasteiger partial charge in [0.2, 0.25) is 5.91 Å². The van der Waals surface area contributed by atoms with E-state index in [9.17, 15) is 9.59 Å². The lowest BCUT2D eigenvalue weighted by molar-refractivity contribution is -0.133. The monoisotopic (exact) mass is 425 g/mol. The number of aromatic amines is 1. The molecule has 2 fully saturated rings. The average molecular weight is 426 g/mol. The van der Waals surface area contributed by atoms with Gasteiger partial charge in [-0.15, -0.1) is 0 Å². The SMILES string of the molecule is O=C(CCOc1ccc(C(=O)N2CCNCC2)cc1)N1CCC(Cc2cnc[nH]2)CC1. The van der Waals surface area contributed by atoms with Gasteiger partial charge < -0.3 is 24.8 Å². The number of piperidine rings is 1. The van der Waals surface area contributed by atoms with Crippen LogP contribution in [0.15, 0.2) is 36.8 Å². The van der Waals surface area contributed by atoms with Crippen molar-refractivity contribution in [2.24, 2.45) is 5.92 Å². The van der Waals surface area contributed by atoms with Crippen molar-refractivity contribution in [1.82, 2.24) is 25.1 Å². The van der Waals surface area contributed by atoms with Crippen molar-refractivity contribution in [3.05, 3.63) is 48.0 Å². The lowest BCUT2D eigenvalue weighted by Crippen LogP contribution is -2.46. The second-order valence-corrected chi connectivity index (χ2v) is 8.27. The molecule has 0 atom stereocenters. The summed E-state index contributed by atoms with van der Waals surface area (Å²) in [5.41, 5.74) is 1.84. The summed E-state index contributed by atoms with van der Waals surface area (Å²) in [5, 5.41) is 3.25. The number of H-pyrrole nitrogens is 1. The molecule has 2 N–H and O–H groups in total. The molecule has 0 aliphatic carbocycles. The molecule has 31 heavy (non-hydrogen) atoms. The van der Waals surface area contributed by atoms with Crippen molar-refractivity contribution in [3.63, 3.8) is 0 Å². The van der Waals surface area contributed by atoms with E-state index >= 15 is 0 Å². The normalized spacial score (nSPS) is 17.5. The van der Waals surface area contributed by atoms with Gasteiger partial charge in [0.05, 0.1) is 19.4 Å². The number of rotatable bonds is 7. The largest absolute Gasteiger partial charge is 0.493 e. The number of nitrogens with zero attached hydrogens (tertiary/aromatic N) is 3. The van der Waals surface area contributed by atoms with Gasteiger partial charge in [0.25, 0.3) is 5.91 Å². The van der Waals surface area contributed by atoms with E-state index < -0.39 is 0 Å². The lowest BCUT2D eigenvalue weighted by Gasteiger charge is -2.32. The molecule has 8 heteroatoms. The van der Waals surface area contributed by atoms with Crippen LogP contribution in [0, 0.1) is 5.92 Å². The van der Waals surface area contributed by atoms with Crippen LogP contribution in [-0.4, -0.2) is 77.5 Å². The van der Waals surface area contributed by atoms with Crippen LogP contribution in [-0.2, 0) is 11.2 Å². The van der Waals surface area contributed by atoms with Gasteiger partial charge in [0, 0.05) is 56.7 Å². The van der Waals surface area contributed by atoms with Gasteiger partial charge in [-0.3, -0.25) is 9.59 Å². The maximum Gasteiger partial charge on any atom is 0.253 e. The van der Waals surface area contributed by atoms with Gasteiger partial charge >= 0.3 is 0 Å². The quantitative estimate of drug-likeness (QED) is 0.705. The number of amides is 2. The summed E-state index contributed by atoms with van der Waals surface area (Å²) in [6, 6.07) is 7.21. The predicted molar refractivity (Wildman–Crippen MR) is 117 cm³/mol. The van der Waals surface area contributed by atoms with Crippen LogP contribution in [0.25, 0.3) is 0 Å². The Bertz CT molecular complexity index is 839. The maximum absolute atomic E-state index is 12.5. The van der Waals surface area contributed by atoms with Crippen LogP contribution in [0.3, 0.4) is 0 Å². The standard InChI is InChI=1S/C23H31N5O3/c29-22(27-10-5-18(6-11-27)15-20-16-25-17-26-20)7-14-31-21-3-1-19(2-4-21)23(30)28-12-8-24-9-13-28/h1-4,16-18,24H,5-15H2,(H,25,26). The van der Waals surface area contributed by atoms with Crippen LogP contribution >= 0.6 is 0 Å². The van der Waals surface area contributed by atoms with Crippen LogP contribution in [0.2, 0.25) is 0 Å². The highest BCUT2D eigenvalue weighted by molar-refractivity contribution is 5.94. The summed E-state index contributed by atoms with van der Waals surface area (Å²) in [4.78, 5) is 36.0. The molecule has 2 aliphatic heterocycles. The van der Waals surface area contributed by atoms with E-state index in [-0.39, 0.29) is 11.8 Å². The number of ether oxygens (including phenoxy) is 1. The Kier molecular flexibility index (Phi) is 7.19. The summed E-state index contributed by atoms with van der Waals surface area (Å²) in [6.07, 6.45) is 7.00. The van der Waals surface area contributed by atoms with Crippen molar-refractivity contribution in [3.8, 4) is 5.75 Å². The first-order valence-corrected chi connectivity index (χ1v) is 11.2. The fourth-order valence-corrected chi connectivity index (χ4v) is 4.25. The average Bonchev–Trinajstić information content (AvgIpc) is 3.33. The van der Waals surface area contributed by atoms with E-state index in [1.54, 1.807) is 30.6 Å². The third-order valence-electron chi connectivity index (χ3n) is 6.12. The van der Waals surface area contributed by atoms with Gasteiger partial charge in [-0.2, -0.15) is 0 Å². The Morgan fingerprint density at radius 3 is 2.45 bits per heavy atom. The Hall–Kier alpha value is -2.87. The molecule has 1 aromatic heterocycles. The first-order valence-electron chi connectivity index (χ1n) is 11.2. The summed E-state index contributed by atoms with van der Waals surface area (Å²) < 4.78 is 5.75. The lowest BCUT2D eigenvalue weighted by atomic mass is 9.92. The highest BCUT2D eigenvalue weighted by Crippen LogP contribution is 2.21. The molecule has 2 aliphatic rings. The van der Waals surface area contributed by atoms with E-state index in [1.807, 2.05) is 16.0 Å².